The fourth-order valence-corrected chi connectivity index (χ4v) is 2.32. The number of nitrogens with two attached hydrogens (primary N) is 1. The number of nitrogens with zero attached hydrogens (tertiary/aromatic N) is 2. The molecule has 0 aliphatic carbocycles. The minimum atomic E-state index is -4.52. The molecule has 0 saturated carbocycles. The number of hydrogen-bond acceptors (Lipinski definition) is 3. The Balaban J connectivity index is 5.16. The lowest BCUT2D eigenvalue weighted by Gasteiger charge is -2.35. The first-order chi connectivity index (χ1) is 9.17. The third kappa shape index (κ3) is 5.98. The highest BCUT2D eigenvalue weighted by molar-refractivity contribution is 5.83. The molecule has 1 atom stereocenters. The van der Waals surface area contributed by atoms with Gasteiger partial charge < -0.3 is 10.9 Å². The van der Waals surface area contributed by atoms with Crippen molar-refractivity contribution in [2.75, 3.05) is 13.1 Å². The maximum atomic E-state index is 13.0. The fraction of sp³-hybridized carbons (Fsp3) is 0.923. The summed E-state index contributed by atoms with van der Waals surface area (Å²) in [4.78, 5) is 1.79. The van der Waals surface area contributed by atoms with Crippen molar-refractivity contribution in [3.63, 3.8) is 0 Å². The molecule has 1 unspecified atom stereocenters. The zero-order chi connectivity index (χ0) is 15.9. The zero-order valence-corrected chi connectivity index (χ0v) is 12.6. The molecule has 0 aromatic rings. The Bertz CT molecular complexity index is 302. The van der Waals surface area contributed by atoms with Gasteiger partial charge in [-0.2, -0.15) is 13.2 Å². The van der Waals surface area contributed by atoms with Gasteiger partial charge >= 0.3 is 6.18 Å². The number of alkyl halides is 3. The first kappa shape index (κ1) is 19.0. The topological polar surface area (TPSA) is 61.8 Å². The summed E-state index contributed by atoms with van der Waals surface area (Å²) in [6, 6.07) is 0.0637. The second-order valence-corrected chi connectivity index (χ2v) is 5.44. The SMILES string of the molecule is CCC(CC)N(CC(C)C)CC(C(N)=NO)C(F)(F)F. The maximum Gasteiger partial charge on any atom is 0.400 e. The van der Waals surface area contributed by atoms with Crippen LogP contribution in [0.1, 0.15) is 40.5 Å². The lowest BCUT2D eigenvalue weighted by Crippen LogP contribution is -2.48. The first-order valence-corrected chi connectivity index (χ1v) is 6.95. The van der Waals surface area contributed by atoms with E-state index >= 15 is 0 Å². The lowest BCUT2D eigenvalue weighted by molar-refractivity contribution is -0.162. The van der Waals surface area contributed by atoms with Crippen molar-refractivity contribution in [1.29, 1.82) is 0 Å². The maximum absolute atomic E-state index is 13.0. The van der Waals surface area contributed by atoms with Crippen molar-refractivity contribution in [3.05, 3.63) is 0 Å². The van der Waals surface area contributed by atoms with E-state index in [4.69, 9.17) is 10.9 Å². The van der Waals surface area contributed by atoms with Gasteiger partial charge in [-0.1, -0.05) is 32.9 Å². The van der Waals surface area contributed by atoms with E-state index in [1.807, 2.05) is 27.7 Å². The Morgan fingerprint density at radius 3 is 2.00 bits per heavy atom. The summed E-state index contributed by atoms with van der Waals surface area (Å²) < 4.78 is 39.1. The standard InChI is InChI=1S/C13H26F3N3O/c1-5-10(6-2)19(7-9(3)4)8-11(12(17)18-20)13(14,15)16/h9-11,20H,5-8H2,1-4H3,(H2,17,18). The van der Waals surface area contributed by atoms with Gasteiger partial charge in [-0.05, 0) is 18.8 Å². The van der Waals surface area contributed by atoms with Crippen LogP contribution in [0.4, 0.5) is 13.2 Å². The molecule has 0 aliphatic heterocycles. The molecule has 0 spiro atoms. The van der Waals surface area contributed by atoms with Gasteiger partial charge in [0.2, 0.25) is 0 Å². The summed E-state index contributed by atoms with van der Waals surface area (Å²) in [5.41, 5.74) is 5.22. The van der Waals surface area contributed by atoms with Crippen LogP contribution >= 0.6 is 0 Å². The van der Waals surface area contributed by atoms with E-state index in [2.05, 4.69) is 5.16 Å². The molecule has 0 rings (SSSR count). The predicted molar refractivity (Wildman–Crippen MR) is 73.7 cm³/mol. The summed E-state index contributed by atoms with van der Waals surface area (Å²) in [7, 11) is 0. The van der Waals surface area contributed by atoms with Crippen LogP contribution in [0.15, 0.2) is 5.16 Å². The van der Waals surface area contributed by atoms with Crippen LogP contribution in [0, 0.1) is 11.8 Å². The largest absolute Gasteiger partial charge is 0.409 e. The average molecular weight is 297 g/mol. The molecule has 4 nitrogen and oxygen atoms in total. The van der Waals surface area contributed by atoms with Gasteiger partial charge in [-0.3, -0.25) is 4.90 Å². The number of halogens is 3. The second-order valence-electron chi connectivity index (χ2n) is 5.44. The summed E-state index contributed by atoms with van der Waals surface area (Å²) in [5, 5.41) is 11.1. The molecule has 20 heavy (non-hydrogen) atoms. The van der Waals surface area contributed by atoms with E-state index < -0.39 is 17.9 Å². The van der Waals surface area contributed by atoms with Crippen LogP contribution in [0.3, 0.4) is 0 Å². The monoisotopic (exact) mass is 297 g/mol. The number of rotatable bonds is 8. The molecular weight excluding hydrogens is 271 g/mol. The summed E-state index contributed by atoms with van der Waals surface area (Å²) in [6.45, 7) is 8.10. The summed E-state index contributed by atoms with van der Waals surface area (Å²) in [5.74, 6) is -2.47. The minimum absolute atomic E-state index is 0.0637. The highest BCUT2D eigenvalue weighted by atomic mass is 19.4. The van der Waals surface area contributed by atoms with Gasteiger partial charge in [-0.15, -0.1) is 0 Å². The van der Waals surface area contributed by atoms with Gasteiger partial charge in [0.05, 0.1) is 0 Å². The van der Waals surface area contributed by atoms with Crippen LogP contribution in [-0.4, -0.2) is 41.3 Å². The number of oxime groups is 1. The van der Waals surface area contributed by atoms with Gasteiger partial charge in [0.15, 0.2) is 5.84 Å². The molecule has 0 aromatic heterocycles. The van der Waals surface area contributed by atoms with Gasteiger partial charge in [0, 0.05) is 19.1 Å². The molecule has 0 aliphatic rings. The molecule has 0 saturated heterocycles. The Labute approximate surface area is 118 Å². The molecule has 0 radical (unpaired) electrons. The van der Waals surface area contributed by atoms with E-state index in [1.165, 1.54) is 0 Å². The van der Waals surface area contributed by atoms with E-state index in [1.54, 1.807) is 4.90 Å². The molecule has 0 fully saturated rings. The molecule has 0 amide bonds. The van der Waals surface area contributed by atoms with Crippen molar-refractivity contribution in [3.8, 4) is 0 Å². The van der Waals surface area contributed by atoms with E-state index in [-0.39, 0.29) is 18.5 Å². The predicted octanol–water partition coefficient (Wildman–Crippen LogP) is 3.06. The average Bonchev–Trinajstić information content (AvgIpc) is 2.33. The van der Waals surface area contributed by atoms with Crippen molar-refractivity contribution < 1.29 is 18.4 Å². The molecule has 0 bridgehead atoms. The number of hydrogen-bond donors (Lipinski definition) is 2. The van der Waals surface area contributed by atoms with Crippen LogP contribution in [-0.2, 0) is 0 Å². The second kappa shape index (κ2) is 8.34. The smallest absolute Gasteiger partial charge is 0.400 e. The normalized spacial score (nSPS) is 15.4. The zero-order valence-electron chi connectivity index (χ0n) is 12.6. The lowest BCUT2D eigenvalue weighted by atomic mass is 10.0. The molecule has 120 valence electrons. The molecule has 0 aromatic carbocycles. The first-order valence-electron chi connectivity index (χ1n) is 6.95. The Morgan fingerprint density at radius 2 is 1.70 bits per heavy atom. The quantitative estimate of drug-likeness (QED) is 0.313. The highest BCUT2D eigenvalue weighted by Crippen LogP contribution is 2.28. The molecule has 3 N–H and O–H groups in total. The molecule has 7 heteroatoms. The molecular formula is C13H26F3N3O. The Morgan fingerprint density at radius 1 is 1.20 bits per heavy atom. The number of amidine groups is 1. The van der Waals surface area contributed by atoms with Crippen LogP contribution in [0.25, 0.3) is 0 Å². The van der Waals surface area contributed by atoms with Gasteiger partial charge in [0.1, 0.15) is 5.92 Å². The molecule has 0 heterocycles. The highest BCUT2D eigenvalue weighted by Gasteiger charge is 2.44. The van der Waals surface area contributed by atoms with E-state index in [0.29, 0.717) is 6.54 Å². The third-order valence-corrected chi connectivity index (χ3v) is 3.34. The Kier molecular flexibility index (Phi) is 7.93. The van der Waals surface area contributed by atoms with Crippen LogP contribution in [0.2, 0.25) is 0 Å². The van der Waals surface area contributed by atoms with E-state index in [9.17, 15) is 13.2 Å². The van der Waals surface area contributed by atoms with Crippen molar-refractivity contribution in [2.45, 2.75) is 52.8 Å². The summed E-state index contributed by atoms with van der Waals surface area (Å²) >= 11 is 0. The van der Waals surface area contributed by atoms with E-state index in [0.717, 1.165) is 12.8 Å². The van der Waals surface area contributed by atoms with Crippen molar-refractivity contribution in [2.24, 2.45) is 22.7 Å². The van der Waals surface area contributed by atoms with Crippen LogP contribution < -0.4 is 5.73 Å². The summed E-state index contributed by atoms with van der Waals surface area (Å²) in [6.07, 6.45) is -2.98. The Hall–Kier alpha value is -0.980. The van der Waals surface area contributed by atoms with Gasteiger partial charge in [0.25, 0.3) is 0 Å². The third-order valence-electron chi connectivity index (χ3n) is 3.34. The van der Waals surface area contributed by atoms with Gasteiger partial charge in [-0.25, -0.2) is 0 Å². The van der Waals surface area contributed by atoms with Crippen molar-refractivity contribution >= 4 is 5.84 Å². The fourth-order valence-electron chi connectivity index (χ4n) is 2.32. The van der Waals surface area contributed by atoms with Crippen molar-refractivity contribution in [1.82, 2.24) is 4.90 Å². The van der Waals surface area contributed by atoms with Crippen LogP contribution in [0.5, 0.6) is 0 Å². The minimum Gasteiger partial charge on any atom is -0.409 e.